The topological polar surface area (TPSA) is 40.5 Å². The maximum absolute atomic E-state index is 10.8. The monoisotopic (exact) mass is 481 g/mol. The number of aliphatic carboxylic acids is 1. The third-order valence-corrected chi connectivity index (χ3v) is 8.01. The zero-order valence-corrected chi connectivity index (χ0v) is 20.1. The number of thiophene rings is 2. The average molecular weight is 482 g/mol. The van der Waals surface area contributed by atoms with Crippen LogP contribution in [-0.4, -0.2) is 11.1 Å². The molecule has 34 heavy (non-hydrogen) atoms. The third kappa shape index (κ3) is 4.96. The zero-order chi connectivity index (χ0) is 23.3. The summed E-state index contributed by atoms with van der Waals surface area (Å²) in [6, 6.07) is 38.0. The lowest BCUT2D eigenvalue weighted by molar-refractivity contribution is -0.136. The van der Waals surface area contributed by atoms with E-state index in [9.17, 15) is 4.79 Å². The van der Waals surface area contributed by atoms with E-state index in [2.05, 4.69) is 95.9 Å². The fourth-order valence-corrected chi connectivity index (χ4v) is 5.99. The molecule has 0 unspecified atom stereocenters. The predicted molar refractivity (Wildman–Crippen MR) is 144 cm³/mol. The lowest BCUT2D eigenvalue weighted by Gasteiger charge is -2.25. The van der Waals surface area contributed by atoms with Gasteiger partial charge in [0, 0.05) is 36.6 Å². The Morgan fingerprint density at radius 3 is 1.76 bits per heavy atom. The number of carboxylic acids is 1. The van der Waals surface area contributed by atoms with Crippen LogP contribution in [-0.2, 0) is 11.2 Å². The second-order valence-corrected chi connectivity index (χ2v) is 10.1. The lowest BCUT2D eigenvalue weighted by Crippen LogP contribution is -2.09. The van der Waals surface area contributed by atoms with Gasteiger partial charge in [-0.05, 0) is 72.6 Å². The number of aryl methyl sites for hydroxylation is 1. The first-order valence-corrected chi connectivity index (χ1v) is 12.7. The van der Waals surface area contributed by atoms with Gasteiger partial charge in [0.1, 0.15) is 0 Å². The number of para-hydroxylation sites is 2. The van der Waals surface area contributed by atoms with Gasteiger partial charge >= 0.3 is 5.97 Å². The minimum atomic E-state index is -0.755. The van der Waals surface area contributed by atoms with E-state index in [-0.39, 0.29) is 6.42 Å². The van der Waals surface area contributed by atoms with Crippen molar-refractivity contribution in [2.75, 3.05) is 4.90 Å². The molecule has 2 heterocycles. The quantitative estimate of drug-likeness (QED) is 0.241. The summed E-state index contributed by atoms with van der Waals surface area (Å²) in [6.07, 6.45) is 0.754. The minimum absolute atomic E-state index is 0.172. The summed E-state index contributed by atoms with van der Waals surface area (Å²) >= 11 is 3.44. The largest absolute Gasteiger partial charge is 0.481 e. The molecule has 0 aliphatic heterocycles. The van der Waals surface area contributed by atoms with Crippen molar-refractivity contribution in [3.8, 4) is 20.2 Å². The highest BCUT2D eigenvalue weighted by atomic mass is 32.1. The van der Waals surface area contributed by atoms with Gasteiger partial charge in [-0.25, -0.2) is 0 Å². The molecule has 0 amide bonds. The number of hydrogen-bond acceptors (Lipinski definition) is 4. The Hall–Kier alpha value is -3.67. The maximum atomic E-state index is 10.8. The van der Waals surface area contributed by atoms with Crippen LogP contribution < -0.4 is 4.90 Å². The minimum Gasteiger partial charge on any atom is -0.481 e. The predicted octanol–water partition coefficient (Wildman–Crippen LogP) is 8.63. The Kier molecular flexibility index (Phi) is 6.56. The van der Waals surface area contributed by atoms with Crippen molar-refractivity contribution in [3.05, 3.63) is 114 Å². The molecule has 2 aromatic heterocycles. The van der Waals surface area contributed by atoms with Crippen LogP contribution in [0.2, 0.25) is 0 Å². The molecule has 5 heteroatoms. The summed E-state index contributed by atoms with van der Waals surface area (Å²) in [5.74, 6) is -0.755. The van der Waals surface area contributed by atoms with Crippen LogP contribution in [0, 0.1) is 0 Å². The van der Waals surface area contributed by atoms with Crippen molar-refractivity contribution in [3.63, 3.8) is 0 Å². The molecule has 5 aromatic rings. The van der Waals surface area contributed by atoms with Crippen molar-refractivity contribution in [2.45, 2.75) is 12.8 Å². The number of nitrogens with zero attached hydrogens (tertiary/aromatic N) is 1. The Balaban J connectivity index is 1.39. The fraction of sp³-hybridized carbons (Fsp3) is 0.0690. The number of carbonyl (C=O) groups is 1. The van der Waals surface area contributed by atoms with Gasteiger partial charge < -0.3 is 10.0 Å². The van der Waals surface area contributed by atoms with E-state index in [0.717, 1.165) is 21.9 Å². The molecule has 0 spiro atoms. The van der Waals surface area contributed by atoms with Crippen molar-refractivity contribution in [2.24, 2.45) is 0 Å². The van der Waals surface area contributed by atoms with Gasteiger partial charge in [-0.15, -0.1) is 22.7 Å². The Morgan fingerprint density at radius 1 is 0.618 bits per heavy atom. The smallest absolute Gasteiger partial charge is 0.303 e. The van der Waals surface area contributed by atoms with E-state index in [1.807, 2.05) is 18.2 Å². The molecule has 0 saturated carbocycles. The van der Waals surface area contributed by atoms with E-state index in [1.165, 1.54) is 20.2 Å². The van der Waals surface area contributed by atoms with Gasteiger partial charge in [0.2, 0.25) is 0 Å². The second kappa shape index (κ2) is 10.1. The molecular weight excluding hydrogens is 458 g/mol. The van der Waals surface area contributed by atoms with Crippen LogP contribution in [0.5, 0.6) is 0 Å². The summed E-state index contributed by atoms with van der Waals surface area (Å²) in [4.78, 5) is 17.8. The first kappa shape index (κ1) is 22.1. The summed E-state index contributed by atoms with van der Waals surface area (Å²) < 4.78 is 0. The third-order valence-electron chi connectivity index (χ3n) is 5.53. The van der Waals surface area contributed by atoms with E-state index < -0.39 is 5.97 Å². The molecule has 0 atom stereocenters. The average Bonchev–Trinajstić information content (AvgIpc) is 3.55. The second-order valence-electron chi connectivity index (χ2n) is 7.88. The van der Waals surface area contributed by atoms with Crippen LogP contribution in [0.1, 0.15) is 11.3 Å². The van der Waals surface area contributed by atoms with E-state index >= 15 is 0 Å². The molecular formula is C29H23NO2S2. The molecule has 5 rings (SSSR count). The number of carboxylic acid groups (broad SMARTS) is 1. The molecule has 3 aromatic carbocycles. The van der Waals surface area contributed by atoms with Crippen LogP contribution >= 0.6 is 22.7 Å². The number of benzene rings is 3. The van der Waals surface area contributed by atoms with Crippen LogP contribution in [0.15, 0.2) is 109 Å². The summed E-state index contributed by atoms with van der Waals surface area (Å²) in [5, 5.41) is 8.91. The molecule has 0 fully saturated rings. The molecule has 0 aliphatic carbocycles. The van der Waals surface area contributed by atoms with Crippen molar-refractivity contribution >= 4 is 45.7 Å². The Morgan fingerprint density at radius 2 is 1.15 bits per heavy atom. The fourth-order valence-electron chi connectivity index (χ4n) is 3.88. The molecule has 1 N–H and O–H groups in total. The highest BCUT2D eigenvalue weighted by Gasteiger charge is 2.13. The number of hydrogen-bond donors (Lipinski definition) is 1. The van der Waals surface area contributed by atoms with Crippen LogP contribution in [0.25, 0.3) is 20.2 Å². The maximum Gasteiger partial charge on any atom is 0.303 e. The first-order valence-electron chi connectivity index (χ1n) is 11.1. The number of rotatable bonds is 8. The summed E-state index contributed by atoms with van der Waals surface area (Å²) in [5.41, 5.74) is 4.54. The van der Waals surface area contributed by atoms with Crippen LogP contribution in [0.3, 0.4) is 0 Å². The molecule has 0 bridgehead atoms. The van der Waals surface area contributed by atoms with Crippen molar-refractivity contribution in [1.29, 1.82) is 0 Å². The van der Waals surface area contributed by atoms with Crippen molar-refractivity contribution in [1.82, 2.24) is 0 Å². The zero-order valence-electron chi connectivity index (χ0n) is 18.4. The van der Waals surface area contributed by atoms with Gasteiger partial charge in [-0.1, -0.05) is 48.5 Å². The highest BCUT2D eigenvalue weighted by Crippen LogP contribution is 2.40. The Bertz CT molecular complexity index is 1330. The Labute approximate surface area is 207 Å². The molecule has 0 aliphatic rings. The van der Waals surface area contributed by atoms with Gasteiger partial charge in [-0.3, -0.25) is 4.79 Å². The van der Waals surface area contributed by atoms with Gasteiger partial charge in [0.25, 0.3) is 0 Å². The number of anilines is 3. The highest BCUT2D eigenvalue weighted by molar-refractivity contribution is 7.23. The normalized spacial score (nSPS) is 10.8. The molecule has 3 nitrogen and oxygen atoms in total. The SMILES string of the molecule is O=C(O)CCc1ccc(-c2ccc(-c3ccc(N(c4ccccc4)c4ccccc4)cc3)s2)s1. The lowest BCUT2D eigenvalue weighted by atomic mass is 10.1. The summed E-state index contributed by atoms with van der Waals surface area (Å²) in [6.45, 7) is 0. The van der Waals surface area contributed by atoms with Crippen molar-refractivity contribution < 1.29 is 9.90 Å². The van der Waals surface area contributed by atoms with Gasteiger partial charge in [0.05, 0.1) is 6.42 Å². The first-order chi connectivity index (χ1) is 16.7. The summed E-state index contributed by atoms with van der Waals surface area (Å²) in [7, 11) is 0. The van der Waals surface area contributed by atoms with E-state index in [4.69, 9.17) is 5.11 Å². The van der Waals surface area contributed by atoms with Crippen LogP contribution in [0.4, 0.5) is 17.1 Å². The van der Waals surface area contributed by atoms with E-state index in [0.29, 0.717) is 6.42 Å². The van der Waals surface area contributed by atoms with E-state index in [1.54, 1.807) is 22.7 Å². The van der Waals surface area contributed by atoms with Gasteiger partial charge in [0.15, 0.2) is 0 Å². The molecule has 168 valence electrons. The molecule has 0 saturated heterocycles. The standard InChI is InChI=1S/C29H23NO2S2/c31-29(32)20-16-25-15-17-27(33-25)28-19-18-26(34-28)21-11-13-24(14-12-21)30(22-7-3-1-4-8-22)23-9-5-2-6-10-23/h1-15,17-19H,16,20H2,(H,31,32). The van der Waals surface area contributed by atoms with Gasteiger partial charge in [-0.2, -0.15) is 0 Å². The molecule has 0 radical (unpaired) electrons.